The summed E-state index contributed by atoms with van der Waals surface area (Å²) in [5.41, 5.74) is 6.97. The molecular formula is C28H27N. The van der Waals surface area contributed by atoms with Crippen molar-refractivity contribution in [2.24, 2.45) is 4.99 Å². The van der Waals surface area contributed by atoms with E-state index in [9.17, 15) is 0 Å². The molecule has 1 aliphatic carbocycles. The van der Waals surface area contributed by atoms with Gasteiger partial charge < -0.3 is 0 Å². The van der Waals surface area contributed by atoms with Crippen LogP contribution in [0.3, 0.4) is 0 Å². The molecule has 144 valence electrons. The Bertz CT molecular complexity index is 1060. The van der Waals surface area contributed by atoms with Crippen LogP contribution < -0.4 is 0 Å². The van der Waals surface area contributed by atoms with Gasteiger partial charge in [0.25, 0.3) is 0 Å². The number of benzene rings is 3. The first-order valence-electron chi connectivity index (χ1n) is 10.3. The Morgan fingerprint density at radius 3 is 1.72 bits per heavy atom. The van der Waals surface area contributed by atoms with Crippen LogP contribution in [-0.4, -0.2) is 11.8 Å². The first kappa shape index (κ1) is 19.1. The van der Waals surface area contributed by atoms with Gasteiger partial charge in [0.1, 0.15) is 0 Å². The molecule has 3 aromatic rings. The summed E-state index contributed by atoms with van der Waals surface area (Å²) in [7, 11) is 0. The van der Waals surface area contributed by atoms with E-state index in [4.69, 9.17) is 4.99 Å². The van der Waals surface area contributed by atoms with Crippen LogP contribution >= 0.6 is 0 Å². The molecule has 1 heteroatoms. The summed E-state index contributed by atoms with van der Waals surface area (Å²) in [5, 5.41) is 0. The van der Waals surface area contributed by atoms with Crippen LogP contribution in [-0.2, 0) is 5.41 Å². The van der Waals surface area contributed by atoms with Crippen LogP contribution in [0.1, 0.15) is 37.5 Å². The lowest BCUT2D eigenvalue weighted by Gasteiger charge is -2.39. The maximum atomic E-state index is 5.21. The van der Waals surface area contributed by atoms with E-state index in [1.54, 1.807) is 0 Å². The molecule has 1 nitrogen and oxygen atoms in total. The number of nitrogens with zero attached hydrogens (tertiary/aromatic N) is 1. The molecule has 0 aliphatic heterocycles. The summed E-state index contributed by atoms with van der Waals surface area (Å²) in [6.45, 7) is 6.63. The van der Waals surface area contributed by atoms with Gasteiger partial charge in [-0.3, -0.25) is 4.99 Å². The maximum absolute atomic E-state index is 5.21. The molecule has 0 radical (unpaired) electrons. The van der Waals surface area contributed by atoms with Gasteiger partial charge in [-0.15, -0.1) is 0 Å². The van der Waals surface area contributed by atoms with Gasteiger partial charge in [0, 0.05) is 11.6 Å². The summed E-state index contributed by atoms with van der Waals surface area (Å²) in [5.74, 6) is 0. The van der Waals surface area contributed by atoms with Gasteiger partial charge in [0.05, 0.1) is 11.1 Å². The highest BCUT2D eigenvalue weighted by atomic mass is 14.8. The molecule has 0 aromatic heterocycles. The molecule has 0 bridgehead atoms. The van der Waals surface area contributed by atoms with Crippen LogP contribution in [0.4, 0.5) is 0 Å². The average molecular weight is 378 g/mol. The molecule has 1 unspecified atom stereocenters. The minimum atomic E-state index is -0.340. The van der Waals surface area contributed by atoms with E-state index >= 15 is 0 Å². The molecule has 0 N–H and O–H groups in total. The predicted molar refractivity (Wildman–Crippen MR) is 125 cm³/mol. The van der Waals surface area contributed by atoms with Crippen molar-refractivity contribution in [1.29, 1.82) is 0 Å². The Balaban J connectivity index is 2.02. The van der Waals surface area contributed by atoms with Crippen molar-refractivity contribution >= 4 is 16.9 Å². The zero-order valence-corrected chi connectivity index (χ0v) is 17.3. The SMILES string of the molecule is CC(C)N=C1C(c2ccccc2)=CC=C(c2ccccc2)C1(C)c1ccccc1. The third-order valence-corrected chi connectivity index (χ3v) is 5.59. The van der Waals surface area contributed by atoms with Crippen LogP contribution in [0, 0.1) is 0 Å². The van der Waals surface area contributed by atoms with E-state index in [-0.39, 0.29) is 11.5 Å². The second-order valence-electron chi connectivity index (χ2n) is 7.96. The minimum absolute atomic E-state index is 0.204. The van der Waals surface area contributed by atoms with Crippen LogP contribution in [0.25, 0.3) is 11.1 Å². The van der Waals surface area contributed by atoms with E-state index in [0.717, 1.165) is 5.71 Å². The molecule has 29 heavy (non-hydrogen) atoms. The van der Waals surface area contributed by atoms with Gasteiger partial charge in [0.2, 0.25) is 0 Å². The topological polar surface area (TPSA) is 12.4 Å². The molecule has 0 amide bonds. The van der Waals surface area contributed by atoms with Gasteiger partial charge in [-0.05, 0) is 43.0 Å². The smallest absolute Gasteiger partial charge is 0.0603 e. The summed E-state index contributed by atoms with van der Waals surface area (Å²) < 4.78 is 0. The number of rotatable bonds is 4. The van der Waals surface area contributed by atoms with Crippen molar-refractivity contribution < 1.29 is 0 Å². The average Bonchev–Trinajstić information content (AvgIpc) is 2.76. The maximum Gasteiger partial charge on any atom is 0.0603 e. The fraction of sp³-hybridized carbons (Fsp3) is 0.179. The minimum Gasteiger partial charge on any atom is -0.285 e. The van der Waals surface area contributed by atoms with Crippen molar-refractivity contribution in [3.8, 4) is 0 Å². The Morgan fingerprint density at radius 1 is 0.655 bits per heavy atom. The largest absolute Gasteiger partial charge is 0.285 e. The van der Waals surface area contributed by atoms with E-state index in [1.165, 1.54) is 27.8 Å². The Morgan fingerprint density at radius 2 is 1.17 bits per heavy atom. The van der Waals surface area contributed by atoms with Crippen molar-refractivity contribution in [3.63, 3.8) is 0 Å². The molecule has 0 heterocycles. The fourth-order valence-corrected chi connectivity index (χ4v) is 4.18. The Hall–Kier alpha value is -3.19. The van der Waals surface area contributed by atoms with Crippen LogP contribution in [0.15, 0.2) is 108 Å². The lowest BCUT2D eigenvalue weighted by atomic mass is 9.64. The molecule has 4 rings (SSSR count). The van der Waals surface area contributed by atoms with Gasteiger partial charge in [0.15, 0.2) is 0 Å². The molecule has 0 spiro atoms. The quantitative estimate of drug-likeness (QED) is 0.465. The number of hydrogen-bond acceptors (Lipinski definition) is 1. The molecule has 0 saturated heterocycles. The van der Waals surface area contributed by atoms with Crippen molar-refractivity contribution in [2.75, 3.05) is 0 Å². The second-order valence-corrected chi connectivity index (χ2v) is 7.96. The highest BCUT2D eigenvalue weighted by molar-refractivity contribution is 6.33. The molecule has 0 saturated carbocycles. The summed E-state index contributed by atoms with van der Waals surface area (Å²) in [6, 6.07) is 32.3. The molecule has 1 atom stereocenters. The number of aliphatic imine (C=N–C) groups is 1. The van der Waals surface area contributed by atoms with Crippen molar-refractivity contribution in [1.82, 2.24) is 0 Å². The first-order valence-corrected chi connectivity index (χ1v) is 10.3. The van der Waals surface area contributed by atoms with Crippen molar-refractivity contribution in [2.45, 2.75) is 32.2 Å². The Labute approximate surface area is 174 Å². The lowest BCUT2D eigenvalue weighted by molar-refractivity contribution is 0.781. The molecule has 0 fully saturated rings. The molecule has 3 aromatic carbocycles. The zero-order valence-electron chi connectivity index (χ0n) is 17.3. The highest BCUT2D eigenvalue weighted by Crippen LogP contribution is 2.46. The third kappa shape index (κ3) is 3.61. The van der Waals surface area contributed by atoms with Gasteiger partial charge >= 0.3 is 0 Å². The van der Waals surface area contributed by atoms with Crippen LogP contribution in [0.2, 0.25) is 0 Å². The van der Waals surface area contributed by atoms with Crippen molar-refractivity contribution in [3.05, 3.63) is 120 Å². The van der Waals surface area contributed by atoms with E-state index in [2.05, 4.69) is 124 Å². The summed E-state index contributed by atoms with van der Waals surface area (Å²) >= 11 is 0. The predicted octanol–water partition coefficient (Wildman–Crippen LogP) is 6.97. The highest BCUT2D eigenvalue weighted by Gasteiger charge is 2.41. The van der Waals surface area contributed by atoms with Gasteiger partial charge in [-0.2, -0.15) is 0 Å². The Kier molecular flexibility index (Phi) is 5.31. The van der Waals surface area contributed by atoms with Gasteiger partial charge in [-0.1, -0.05) is 103 Å². The van der Waals surface area contributed by atoms with E-state index < -0.39 is 0 Å². The monoisotopic (exact) mass is 377 g/mol. The summed E-state index contributed by atoms with van der Waals surface area (Å²) in [6.07, 6.45) is 4.52. The lowest BCUT2D eigenvalue weighted by Crippen LogP contribution is -2.37. The van der Waals surface area contributed by atoms with Gasteiger partial charge in [-0.25, -0.2) is 0 Å². The second kappa shape index (κ2) is 8.05. The number of hydrogen-bond donors (Lipinski definition) is 0. The standard InChI is InChI=1S/C28H27N/c1-21(2)29-27-25(22-13-7-4-8-14-22)19-20-26(23-15-9-5-10-16-23)28(27,3)24-17-11-6-12-18-24/h4-21H,1-3H3. The molecular weight excluding hydrogens is 350 g/mol. The number of allylic oxidation sites excluding steroid dienone is 4. The van der Waals surface area contributed by atoms with E-state index in [1.807, 2.05) is 0 Å². The third-order valence-electron chi connectivity index (χ3n) is 5.59. The molecule has 1 aliphatic rings. The van der Waals surface area contributed by atoms with E-state index in [0.29, 0.717) is 0 Å². The van der Waals surface area contributed by atoms with Crippen LogP contribution in [0.5, 0.6) is 0 Å². The summed E-state index contributed by atoms with van der Waals surface area (Å²) in [4.78, 5) is 5.21. The first-order chi connectivity index (χ1) is 14.1. The normalized spacial score (nSPS) is 20.5. The fourth-order valence-electron chi connectivity index (χ4n) is 4.18. The zero-order chi connectivity index (χ0) is 20.3.